The van der Waals surface area contributed by atoms with Crippen molar-refractivity contribution in [2.75, 3.05) is 33.5 Å². The minimum Gasteiger partial charge on any atom is -0.383 e. The van der Waals surface area contributed by atoms with Crippen LogP contribution in [-0.2, 0) is 9.47 Å². The highest BCUT2D eigenvalue weighted by Gasteiger charge is 2.53. The lowest BCUT2D eigenvalue weighted by atomic mass is 9.56. The maximum absolute atomic E-state index is 6.16. The molecule has 1 aliphatic heterocycles. The Hall–Kier alpha value is -0.160. The highest BCUT2D eigenvalue weighted by atomic mass is 16.5. The van der Waals surface area contributed by atoms with Crippen molar-refractivity contribution in [3.63, 3.8) is 0 Å². The van der Waals surface area contributed by atoms with Crippen LogP contribution in [0, 0.1) is 5.41 Å². The molecule has 2 rings (SSSR count). The molecular formula is C11H22N2O2. The van der Waals surface area contributed by atoms with E-state index in [1.807, 2.05) is 0 Å². The zero-order chi connectivity index (χ0) is 10.7. The van der Waals surface area contributed by atoms with E-state index in [1.165, 1.54) is 0 Å². The van der Waals surface area contributed by atoms with E-state index in [1.54, 1.807) is 7.11 Å². The molecule has 1 spiro atoms. The van der Waals surface area contributed by atoms with Gasteiger partial charge in [-0.05, 0) is 19.3 Å². The third-order valence-electron chi connectivity index (χ3n) is 4.04. The number of hydrogen-bond donors (Lipinski definition) is 2. The third kappa shape index (κ3) is 2.04. The van der Waals surface area contributed by atoms with Crippen LogP contribution in [0.1, 0.15) is 19.3 Å². The summed E-state index contributed by atoms with van der Waals surface area (Å²) in [4.78, 5) is 0. The fourth-order valence-corrected chi connectivity index (χ4v) is 2.91. The molecule has 0 aromatic rings. The largest absolute Gasteiger partial charge is 0.383 e. The Morgan fingerprint density at radius 3 is 2.80 bits per heavy atom. The molecule has 2 aliphatic rings. The molecule has 1 heterocycles. The summed E-state index contributed by atoms with van der Waals surface area (Å²) in [5.74, 6) is 0. The Morgan fingerprint density at radius 2 is 2.20 bits per heavy atom. The average molecular weight is 214 g/mol. The molecule has 0 aromatic heterocycles. The van der Waals surface area contributed by atoms with Crippen molar-refractivity contribution in [1.29, 1.82) is 0 Å². The van der Waals surface area contributed by atoms with Crippen LogP contribution in [-0.4, -0.2) is 45.6 Å². The smallest absolute Gasteiger partial charge is 0.0587 e. The average Bonchev–Trinajstić information content (AvgIpc) is 2.29. The van der Waals surface area contributed by atoms with Crippen LogP contribution in [0.3, 0.4) is 0 Å². The molecule has 0 aromatic carbocycles. The molecule has 4 nitrogen and oxygen atoms in total. The Balaban J connectivity index is 1.84. The SMILES string of the molecule is COCCNC1CC(N)C12CCOCC2. The van der Waals surface area contributed by atoms with Gasteiger partial charge in [-0.25, -0.2) is 0 Å². The van der Waals surface area contributed by atoms with Crippen molar-refractivity contribution in [1.82, 2.24) is 5.32 Å². The first kappa shape index (κ1) is 11.3. The van der Waals surface area contributed by atoms with Gasteiger partial charge in [0.25, 0.3) is 0 Å². The number of nitrogens with one attached hydrogen (secondary N) is 1. The fourth-order valence-electron chi connectivity index (χ4n) is 2.91. The van der Waals surface area contributed by atoms with Crippen molar-refractivity contribution < 1.29 is 9.47 Å². The maximum Gasteiger partial charge on any atom is 0.0587 e. The van der Waals surface area contributed by atoms with Crippen molar-refractivity contribution in [2.45, 2.75) is 31.3 Å². The van der Waals surface area contributed by atoms with Gasteiger partial charge < -0.3 is 20.5 Å². The molecule has 1 saturated carbocycles. The first-order chi connectivity index (χ1) is 7.29. The molecule has 1 aliphatic carbocycles. The topological polar surface area (TPSA) is 56.5 Å². The second kappa shape index (κ2) is 4.78. The zero-order valence-corrected chi connectivity index (χ0v) is 9.50. The van der Waals surface area contributed by atoms with Gasteiger partial charge in [-0.1, -0.05) is 0 Å². The molecule has 0 amide bonds. The van der Waals surface area contributed by atoms with Crippen molar-refractivity contribution in [3.05, 3.63) is 0 Å². The summed E-state index contributed by atoms with van der Waals surface area (Å²) >= 11 is 0. The van der Waals surface area contributed by atoms with Crippen LogP contribution in [0.25, 0.3) is 0 Å². The predicted molar refractivity (Wildman–Crippen MR) is 58.7 cm³/mol. The van der Waals surface area contributed by atoms with E-state index in [2.05, 4.69) is 5.32 Å². The number of methoxy groups -OCH3 is 1. The van der Waals surface area contributed by atoms with Crippen LogP contribution < -0.4 is 11.1 Å². The van der Waals surface area contributed by atoms with E-state index < -0.39 is 0 Å². The van der Waals surface area contributed by atoms with Gasteiger partial charge in [0.2, 0.25) is 0 Å². The van der Waals surface area contributed by atoms with E-state index in [0.717, 1.165) is 45.6 Å². The number of rotatable bonds is 4. The number of ether oxygens (including phenoxy) is 2. The molecule has 2 unspecified atom stereocenters. The van der Waals surface area contributed by atoms with Gasteiger partial charge in [0.05, 0.1) is 6.61 Å². The van der Waals surface area contributed by atoms with Crippen LogP contribution in [0.5, 0.6) is 0 Å². The fraction of sp³-hybridized carbons (Fsp3) is 1.00. The molecule has 15 heavy (non-hydrogen) atoms. The minimum atomic E-state index is 0.311. The lowest BCUT2D eigenvalue weighted by molar-refractivity contribution is -0.0716. The quantitative estimate of drug-likeness (QED) is 0.653. The van der Waals surface area contributed by atoms with Gasteiger partial charge in [0.1, 0.15) is 0 Å². The van der Waals surface area contributed by atoms with E-state index in [4.69, 9.17) is 15.2 Å². The molecule has 3 N–H and O–H groups in total. The molecule has 4 heteroatoms. The predicted octanol–water partition coefficient (Wildman–Crippen LogP) is 0.119. The van der Waals surface area contributed by atoms with Crippen LogP contribution >= 0.6 is 0 Å². The van der Waals surface area contributed by atoms with Gasteiger partial charge >= 0.3 is 0 Å². The Kier molecular flexibility index (Phi) is 3.61. The summed E-state index contributed by atoms with van der Waals surface area (Å²) in [6, 6.07) is 0.938. The van der Waals surface area contributed by atoms with Crippen molar-refractivity contribution in [3.8, 4) is 0 Å². The second-order valence-corrected chi connectivity index (χ2v) is 4.69. The molecule has 0 bridgehead atoms. The first-order valence-corrected chi connectivity index (χ1v) is 5.85. The Labute approximate surface area is 91.5 Å². The highest BCUT2D eigenvalue weighted by Crippen LogP contribution is 2.47. The van der Waals surface area contributed by atoms with Gasteiger partial charge in [-0.15, -0.1) is 0 Å². The maximum atomic E-state index is 6.16. The number of hydrogen-bond acceptors (Lipinski definition) is 4. The normalized spacial score (nSPS) is 34.0. The zero-order valence-electron chi connectivity index (χ0n) is 9.50. The van der Waals surface area contributed by atoms with E-state index in [9.17, 15) is 0 Å². The van der Waals surface area contributed by atoms with Crippen molar-refractivity contribution in [2.24, 2.45) is 11.1 Å². The summed E-state index contributed by atoms with van der Waals surface area (Å²) in [6.45, 7) is 3.45. The standard InChI is InChI=1S/C11H22N2O2/c1-14-7-4-13-10-8-9(12)11(10)2-5-15-6-3-11/h9-10,13H,2-8,12H2,1H3. The summed E-state index contributed by atoms with van der Waals surface area (Å²) in [5.41, 5.74) is 6.47. The lowest BCUT2D eigenvalue weighted by Gasteiger charge is -2.57. The monoisotopic (exact) mass is 214 g/mol. The molecule has 1 saturated heterocycles. The molecule has 0 radical (unpaired) electrons. The molecular weight excluding hydrogens is 192 g/mol. The van der Waals surface area contributed by atoms with Crippen LogP contribution in [0.15, 0.2) is 0 Å². The van der Waals surface area contributed by atoms with Gasteiger partial charge in [-0.2, -0.15) is 0 Å². The summed E-state index contributed by atoms with van der Waals surface area (Å²) in [7, 11) is 1.73. The van der Waals surface area contributed by atoms with Gasteiger partial charge in [0.15, 0.2) is 0 Å². The molecule has 2 fully saturated rings. The lowest BCUT2D eigenvalue weighted by Crippen LogP contribution is -2.68. The summed E-state index contributed by atoms with van der Waals surface area (Å²) < 4.78 is 10.5. The Bertz CT molecular complexity index is 205. The van der Waals surface area contributed by atoms with E-state index in [-0.39, 0.29) is 0 Å². The second-order valence-electron chi connectivity index (χ2n) is 4.69. The van der Waals surface area contributed by atoms with Crippen LogP contribution in [0.2, 0.25) is 0 Å². The van der Waals surface area contributed by atoms with E-state index in [0.29, 0.717) is 17.5 Å². The summed E-state index contributed by atoms with van der Waals surface area (Å²) in [5, 5.41) is 3.55. The van der Waals surface area contributed by atoms with E-state index >= 15 is 0 Å². The first-order valence-electron chi connectivity index (χ1n) is 5.85. The highest BCUT2D eigenvalue weighted by molar-refractivity contribution is 5.09. The Morgan fingerprint density at radius 1 is 1.47 bits per heavy atom. The number of nitrogens with two attached hydrogens (primary N) is 1. The summed E-state index contributed by atoms with van der Waals surface area (Å²) in [6.07, 6.45) is 3.32. The van der Waals surface area contributed by atoms with Gasteiger partial charge in [0, 0.05) is 44.4 Å². The third-order valence-corrected chi connectivity index (χ3v) is 4.04. The minimum absolute atomic E-state index is 0.311. The van der Waals surface area contributed by atoms with Crippen molar-refractivity contribution >= 4 is 0 Å². The van der Waals surface area contributed by atoms with Crippen LogP contribution in [0.4, 0.5) is 0 Å². The molecule has 2 atom stereocenters. The molecule has 88 valence electrons. The van der Waals surface area contributed by atoms with Gasteiger partial charge in [-0.3, -0.25) is 0 Å².